The summed E-state index contributed by atoms with van der Waals surface area (Å²) in [5, 5.41) is 9.37. The molecular formula is C11H11N3O2S2. The summed E-state index contributed by atoms with van der Waals surface area (Å²) in [4.78, 5) is 28.0. The molecule has 0 aromatic carbocycles. The van der Waals surface area contributed by atoms with Crippen molar-refractivity contribution in [1.29, 1.82) is 0 Å². The highest BCUT2D eigenvalue weighted by atomic mass is 32.1. The molecule has 0 spiro atoms. The zero-order chi connectivity index (χ0) is 13.0. The van der Waals surface area contributed by atoms with Gasteiger partial charge < -0.3 is 10.6 Å². The Morgan fingerprint density at radius 3 is 2.78 bits per heavy atom. The first-order valence-electron chi connectivity index (χ1n) is 5.21. The van der Waals surface area contributed by atoms with Crippen LogP contribution in [0.5, 0.6) is 0 Å². The maximum absolute atomic E-state index is 11.8. The standard InChI is InChI=1S/C11H11N3O2S2/c1-7(9(15)14-11-12-4-6-18-11)13-10(16)8-3-2-5-17-8/h2-7H,1H3,(H,13,16)(H,12,14,15). The molecule has 2 aromatic rings. The molecule has 0 saturated carbocycles. The summed E-state index contributed by atoms with van der Waals surface area (Å²) < 4.78 is 0. The van der Waals surface area contributed by atoms with Crippen molar-refractivity contribution in [2.45, 2.75) is 13.0 Å². The molecular weight excluding hydrogens is 270 g/mol. The Morgan fingerprint density at radius 1 is 1.33 bits per heavy atom. The number of carbonyl (C=O) groups excluding carboxylic acids is 2. The van der Waals surface area contributed by atoms with Gasteiger partial charge in [-0.25, -0.2) is 4.98 Å². The molecule has 1 atom stereocenters. The smallest absolute Gasteiger partial charge is 0.261 e. The van der Waals surface area contributed by atoms with Crippen molar-refractivity contribution in [2.24, 2.45) is 0 Å². The van der Waals surface area contributed by atoms with Gasteiger partial charge in [-0.1, -0.05) is 6.07 Å². The van der Waals surface area contributed by atoms with Gasteiger partial charge in [-0.15, -0.1) is 22.7 Å². The molecule has 0 radical (unpaired) electrons. The predicted octanol–water partition coefficient (Wildman–Crippen LogP) is 1.96. The van der Waals surface area contributed by atoms with Gasteiger partial charge in [0.2, 0.25) is 5.91 Å². The molecule has 2 amide bonds. The van der Waals surface area contributed by atoms with Crippen molar-refractivity contribution in [3.8, 4) is 0 Å². The molecule has 0 aliphatic carbocycles. The summed E-state index contributed by atoms with van der Waals surface area (Å²) in [5.74, 6) is -0.526. The van der Waals surface area contributed by atoms with Crippen LogP contribution in [0.3, 0.4) is 0 Å². The Balaban J connectivity index is 1.89. The second-order valence-corrected chi connectivity index (χ2v) is 5.34. The number of rotatable bonds is 4. The van der Waals surface area contributed by atoms with E-state index in [4.69, 9.17) is 0 Å². The van der Waals surface area contributed by atoms with Gasteiger partial charge in [0, 0.05) is 11.6 Å². The van der Waals surface area contributed by atoms with Crippen LogP contribution in [0.15, 0.2) is 29.1 Å². The highest BCUT2D eigenvalue weighted by molar-refractivity contribution is 7.13. The zero-order valence-electron chi connectivity index (χ0n) is 9.54. The molecule has 2 rings (SSSR count). The van der Waals surface area contributed by atoms with Crippen LogP contribution < -0.4 is 10.6 Å². The van der Waals surface area contributed by atoms with Crippen LogP contribution in [0.1, 0.15) is 16.6 Å². The third-order valence-electron chi connectivity index (χ3n) is 2.15. The highest BCUT2D eigenvalue weighted by Crippen LogP contribution is 2.11. The maximum Gasteiger partial charge on any atom is 0.261 e. The Kier molecular flexibility index (Phi) is 4.06. The molecule has 94 valence electrons. The number of anilines is 1. The number of aromatic nitrogens is 1. The summed E-state index contributed by atoms with van der Waals surface area (Å²) in [6.07, 6.45) is 1.61. The van der Waals surface area contributed by atoms with E-state index in [1.54, 1.807) is 30.6 Å². The number of carbonyl (C=O) groups is 2. The van der Waals surface area contributed by atoms with Crippen molar-refractivity contribution in [3.05, 3.63) is 34.0 Å². The topological polar surface area (TPSA) is 71.1 Å². The highest BCUT2D eigenvalue weighted by Gasteiger charge is 2.17. The molecule has 0 bridgehead atoms. The van der Waals surface area contributed by atoms with Gasteiger partial charge in [-0.2, -0.15) is 0 Å². The first kappa shape index (κ1) is 12.7. The summed E-state index contributed by atoms with van der Waals surface area (Å²) in [5.41, 5.74) is 0. The lowest BCUT2D eigenvalue weighted by atomic mass is 10.3. The van der Waals surface area contributed by atoms with E-state index in [2.05, 4.69) is 15.6 Å². The van der Waals surface area contributed by atoms with Crippen LogP contribution >= 0.6 is 22.7 Å². The second kappa shape index (κ2) is 5.74. The first-order chi connectivity index (χ1) is 8.66. The van der Waals surface area contributed by atoms with Gasteiger partial charge in [0.25, 0.3) is 5.91 Å². The Hall–Kier alpha value is -1.73. The van der Waals surface area contributed by atoms with E-state index >= 15 is 0 Å². The molecule has 2 N–H and O–H groups in total. The number of thiazole rings is 1. The maximum atomic E-state index is 11.8. The lowest BCUT2D eigenvalue weighted by Gasteiger charge is -2.12. The van der Waals surface area contributed by atoms with E-state index in [1.165, 1.54) is 22.7 Å². The molecule has 5 nitrogen and oxygen atoms in total. The summed E-state index contributed by atoms with van der Waals surface area (Å²) in [6.45, 7) is 1.63. The number of thiophene rings is 1. The minimum Gasteiger partial charge on any atom is -0.340 e. The van der Waals surface area contributed by atoms with Gasteiger partial charge in [0.05, 0.1) is 4.88 Å². The van der Waals surface area contributed by atoms with Crippen LogP contribution in [0.25, 0.3) is 0 Å². The van der Waals surface area contributed by atoms with E-state index in [-0.39, 0.29) is 11.8 Å². The monoisotopic (exact) mass is 281 g/mol. The van der Waals surface area contributed by atoms with Gasteiger partial charge in [-0.3, -0.25) is 9.59 Å². The summed E-state index contributed by atoms with van der Waals surface area (Å²) >= 11 is 2.67. The van der Waals surface area contributed by atoms with Crippen LogP contribution in [0.4, 0.5) is 5.13 Å². The number of nitrogens with one attached hydrogen (secondary N) is 2. The van der Waals surface area contributed by atoms with Crippen molar-refractivity contribution < 1.29 is 9.59 Å². The molecule has 7 heteroatoms. The van der Waals surface area contributed by atoms with Gasteiger partial charge in [0.15, 0.2) is 5.13 Å². The summed E-state index contributed by atoms with van der Waals surface area (Å²) in [6, 6.07) is 2.90. The van der Waals surface area contributed by atoms with Crippen LogP contribution in [-0.2, 0) is 4.79 Å². The van der Waals surface area contributed by atoms with E-state index in [0.717, 1.165) is 0 Å². The summed E-state index contributed by atoms with van der Waals surface area (Å²) in [7, 11) is 0. The third-order valence-corrected chi connectivity index (χ3v) is 3.71. The van der Waals surface area contributed by atoms with E-state index in [0.29, 0.717) is 10.0 Å². The average molecular weight is 281 g/mol. The molecule has 0 aliphatic rings. The fraction of sp³-hybridized carbons (Fsp3) is 0.182. The van der Waals surface area contributed by atoms with Crippen LogP contribution in [-0.4, -0.2) is 22.8 Å². The number of hydrogen-bond donors (Lipinski definition) is 2. The second-order valence-electron chi connectivity index (χ2n) is 3.50. The van der Waals surface area contributed by atoms with E-state index in [1.807, 2.05) is 5.38 Å². The van der Waals surface area contributed by atoms with E-state index < -0.39 is 6.04 Å². The van der Waals surface area contributed by atoms with Crippen LogP contribution in [0, 0.1) is 0 Å². The van der Waals surface area contributed by atoms with Crippen molar-refractivity contribution in [3.63, 3.8) is 0 Å². The lowest BCUT2D eigenvalue weighted by molar-refractivity contribution is -0.117. The van der Waals surface area contributed by atoms with Gasteiger partial charge in [0.1, 0.15) is 6.04 Å². The van der Waals surface area contributed by atoms with Crippen molar-refractivity contribution >= 4 is 39.6 Å². The molecule has 0 fully saturated rings. The van der Waals surface area contributed by atoms with Crippen molar-refractivity contribution in [2.75, 3.05) is 5.32 Å². The molecule has 18 heavy (non-hydrogen) atoms. The number of nitrogens with zero attached hydrogens (tertiary/aromatic N) is 1. The minimum absolute atomic E-state index is 0.244. The molecule has 0 saturated heterocycles. The first-order valence-corrected chi connectivity index (χ1v) is 6.97. The predicted molar refractivity (Wildman–Crippen MR) is 72.0 cm³/mol. The Morgan fingerprint density at radius 2 is 2.17 bits per heavy atom. The zero-order valence-corrected chi connectivity index (χ0v) is 11.2. The molecule has 2 aromatic heterocycles. The normalized spacial score (nSPS) is 11.8. The lowest BCUT2D eigenvalue weighted by Crippen LogP contribution is -2.41. The Labute approximate surface area is 112 Å². The molecule has 1 unspecified atom stereocenters. The van der Waals surface area contributed by atoms with Crippen molar-refractivity contribution in [1.82, 2.24) is 10.3 Å². The largest absolute Gasteiger partial charge is 0.340 e. The van der Waals surface area contributed by atoms with E-state index in [9.17, 15) is 9.59 Å². The number of amides is 2. The van der Waals surface area contributed by atoms with Gasteiger partial charge >= 0.3 is 0 Å². The van der Waals surface area contributed by atoms with Crippen LogP contribution in [0.2, 0.25) is 0 Å². The quantitative estimate of drug-likeness (QED) is 0.900. The average Bonchev–Trinajstić information content (AvgIpc) is 3.01. The fourth-order valence-electron chi connectivity index (χ4n) is 1.24. The third kappa shape index (κ3) is 3.14. The number of hydrogen-bond acceptors (Lipinski definition) is 5. The Bertz CT molecular complexity index is 522. The minimum atomic E-state index is -0.608. The fourth-order valence-corrected chi connectivity index (χ4v) is 2.40. The SMILES string of the molecule is CC(NC(=O)c1cccs1)C(=O)Nc1nccs1. The van der Waals surface area contributed by atoms with Gasteiger partial charge in [-0.05, 0) is 18.4 Å². The molecule has 2 heterocycles. The molecule has 0 aliphatic heterocycles.